The standard InChI is InChI=1S/C26H27N3O4/c1-17-15-21(18(2)33-17)26(3)24(31)29(25(32)27-26)16-22(30)28(4)23(19-11-7-5-8-12-19)20-13-9-6-10-14-20/h5-15,23H,16H2,1-4H3,(H,27,32). The lowest BCUT2D eigenvalue weighted by Crippen LogP contribution is -2.44. The van der Waals surface area contributed by atoms with Gasteiger partial charge in [-0.15, -0.1) is 0 Å². The van der Waals surface area contributed by atoms with Crippen molar-refractivity contribution in [1.29, 1.82) is 0 Å². The zero-order valence-electron chi connectivity index (χ0n) is 19.2. The molecule has 0 aliphatic carbocycles. The Balaban J connectivity index is 1.59. The summed E-state index contributed by atoms with van der Waals surface area (Å²) in [6.07, 6.45) is 0. The molecule has 1 N–H and O–H groups in total. The molecule has 0 radical (unpaired) electrons. The van der Waals surface area contributed by atoms with E-state index in [9.17, 15) is 14.4 Å². The zero-order valence-corrected chi connectivity index (χ0v) is 19.2. The number of urea groups is 1. The number of benzene rings is 2. The number of carbonyl (C=O) groups excluding carboxylic acids is 3. The third-order valence-electron chi connectivity index (χ3n) is 6.16. The maximum Gasteiger partial charge on any atom is 0.325 e. The third kappa shape index (κ3) is 4.02. The molecular weight excluding hydrogens is 418 g/mol. The van der Waals surface area contributed by atoms with Gasteiger partial charge in [0.1, 0.15) is 23.6 Å². The molecule has 7 nitrogen and oxygen atoms in total. The van der Waals surface area contributed by atoms with Crippen LogP contribution in [0.15, 0.2) is 71.1 Å². The Hall–Kier alpha value is -3.87. The molecule has 1 aliphatic heterocycles. The number of hydrogen-bond acceptors (Lipinski definition) is 4. The van der Waals surface area contributed by atoms with E-state index in [-0.39, 0.29) is 18.5 Å². The average Bonchev–Trinajstić information content (AvgIpc) is 3.26. The molecule has 4 amide bonds. The first kappa shape index (κ1) is 22.3. The summed E-state index contributed by atoms with van der Waals surface area (Å²) in [5.74, 6) is 0.380. The van der Waals surface area contributed by atoms with Crippen LogP contribution in [0.25, 0.3) is 0 Å². The summed E-state index contributed by atoms with van der Waals surface area (Å²) in [5.41, 5.74) is 1.18. The van der Waals surface area contributed by atoms with Gasteiger partial charge in [-0.05, 0) is 38.0 Å². The summed E-state index contributed by atoms with van der Waals surface area (Å²) in [4.78, 5) is 41.9. The Bertz CT molecular complexity index is 1150. The van der Waals surface area contributed by atoms with E-state index in [1.807, 2.05) is 60.7 Å². The number of imide groups is 1. The van der Waals surface area contributed by atoms with Crippen LogP contribution in [-0.4, -0.2) is 41.2 Å². The average molecular weight is 446 g/mol. The SMILES string of the molecule is Cc1cc(C2(C)NC(=O)N(CC(=O)N(C)C(c3ccccc3)c3ccccc3)C2=O)c(C)o1. The fraction of sp³-hybridized carbons (Fsp3) is 0.269. The largest absolute Gasteiger partial charge is 0.466 e. The van der Waals surface area contributed by atoms with E-state index in [0.717, 1.165) is 16.0 Å². The van der Waals surface area contributed by atoms with Gasteiger partial charge >= 0.3 is 6.03 Å². The summed E-state index contributed by atoms with van der Waals surface area (Å²) in [5, 5.41) is 2.74. The highest BCUT2D eigenvalue weighted by atomic mass is 16.3. The van der Waals surface area contributed by atoms with E-state index in [4.69, 9.17) is 4.42 Å². The number of aryl methyl sites for hydroxylation is 2. The molecule has 1 aromatic heterocycles. The Morgan fingerprint density at radius 3 is 2.06 bits per heavy atom. The first-order chi connectivity index (χ1) is 15.7. The van der Waals surface area contributed by atoms with E-state index in [1.54, 1.807) is 38.8 Å². The lowest BCUT2D eigenvalue weighted by molar-refractivity contribution is -0.139. The van der Waals surface area contributed by atoms with Crippen molar-refractivity contribution in [2.24, 2.45) is 0 Å². The molecular formula is C26H27N3O4. The highest BCUT2D eigenvalue weighted by Gasteiger charge is 2.51. The van der Waals surface area contributed by atoms with Gasteiger partial charge < -0.3 is 14.6 Å². The van der Waals surface area contributed by atoms with Crippen molar-refractivity contribution in [3.63, 3.8) is 0 Å². The molecule has 1 saturated heterocycles. The van der Waals surface area contributed by atoms with E-state index < -0.39 is 17.5 Å². The van der Waals surface area contributed by atoms with Crippen LogP contribution in [0, 0.1) is 13.8 Å². The summed E-state index contributed by atoms with van der Waals surface area (Å²) in [6, 6.07) is 20.1. The van der Waals surface area contributed by atoms with Gasteiger partial charge in [0.05, 0.1) is 6.04 Å². The minimum atomic E-state index is -1.28. The fourth-order valence-corrected chi connectivity index (χ4v) is 4.45. The summed E-state index contributed by atoms with van der Waals surface area (Å²) in [6.45, 7) is 4.81. The molecule has 4 rings (SSSR count). The van der Waals surface area contributed by atoms with Gasteiger partial charge in [-0.3, -0.25) is 14.5 Å². The topological polar surface area (TPSA) is 82.9 Å². The second-order valence-corrected chi connectivity index (χ2v) is 8.50. The Labute approximate surface area is 193 Å². The summed E-state index contributed by atoms with van der Waals surface area (Å²) in [7, 11) is 1.69. The number of nitrogens with zero attached hydrogens (tertiary/aromatic N) is 2. The minimum absolute atomic E-state index is 0.347. The van der Waals surface area contributed by atoms with Crippen LogP contribution in [0.2, 0.25) is 0 Å². The van der Waals surface area contributed by atoms with Crippen molar-refractivity contribution in [2.75, 3.05) is 13.6 Å². The van der Waals surface area contributed by atoms with Crippen molar-refractivity contribution in [3.05, 3.63) is 94.9 Å². The van der Waals surface area contributed by atoms with Gasteiger partial charge in [0, 0.05) is 12.6 Å². The number of furan rings is 1. The lowest BCUT2D eigenvalue weighted by atomic mass is 9.92. The first-order valence-electron chi connectivity index (χ1n) is 10.8. The van der Waals surface area contributed by atoms with Crippen LogP contribution in [0.4, 0.5) is 4.79 Å². The molecule has 33 heavy (non-hydrogen) atoms. The maximum absolute atomic E-state index is 13.3. The van der Waals surface area contributed by atoms with Crippen LogP contribution in [-0.2, 0) is 15.1 Å². The molecule has 1 aliphatic rings. The van der Waals surface area contributed by atoms with Crippen LogP contribution >= 0.6 is 0 Å². The molecule has 1 fully saturated rings. The quantitative estimate of drug-likeness (QED) is 0.583. The molecule has 1 unspecified atom stereocenters. The second kappa shape index (κ2) is 8.58. The van der Waals surface area contributed by atoms with Gasteiger partial charge in [-0.25, -0.2) is 4.79 Å². The monoisotopic (exact) mass is 445 g/mol. The summed E-state index contributed by atoms with van der Waals surface area (Å²) < 4.78 is 5.56. The maximum atomic E-state index is 13.3. The number of nitrogens with one attached hydrogen (secondary N) is 1. The molecule has 2 aromatic carbocycles. The van der Waals surface area contributed by atoms with Gasteiger partial charge in [0.2, 0.25) is 5.91 Å². The highest BCUT2D eigenvalue weighted by molar-refractivity contribution is 6.09. The van der Waals surface area contributed by atoms with Crippen LogP contribution in [0.1, 0.15) is 41.2 Å². The zero-order chi connectivity index (χ0) is 23.8. The molecule has 0 bridgehead atoms. The van der Waals surface area contributed by atoms with E-state index in [2.05, 4.69) is 5.32 Å². The third-order valence-corrected chi connectivity index (χ3v) is 6.16. The molecule has 3 aromatic rings. The van der Waals surface area contributed by atoms with Crippen molar-refractivity contribution in [1.82, 2.24) is 15.1 Å². The first-order valence-corrected chi connectivity index (χ1v) is 10.8. The molecule has 2 heterocycles. The Morgan fingerprint density at radius 2 is 1.58 bits per heavy atom. The smallest absolute Gasteiger partial charge is 0.325 e. The van der Waals surface area contributed by atoms with Gasteiger partial charge in [0.25, 0.3) is 5.91 Å². The Kier molecular flexibility index (Phi) is 5.80. The minimum Gasteiger partial charge on any atom is -0.466 e. The van der Waals surface area contributed by atoms with Gasteiger partial charge in [-0.2, -0.15) is 0 Å². The normalized spacial score (nSPS) is 18.0. The van der Waals surface area contributed by atoms with Crippen molar-refractivity contribution < 1.29 is 18.8 Å². The molecule has 0 saturated carbocycles. The predicted molar refractivity (Wildman–Crippen MR) is 123 cm³/mol. The number of carbonyl (C=O) groups is 3. The summed E-state index contributed by atoms with van der Waals surface area (Å²) >= 11 is 0. The fourth-order valence-electron chi connectivity index (χ4n) is 4.45. The van der Waals surface area contributed by atoms with Crippen LogP contribution < -0.4 is 5.32 Å². The van der Waals surface area contributed by atoms with Crippen molar-refractivity contribution >= 4 is 17.8 Å². The lowest BCUT2D eigenvalue weighted by Gasteiger charge is -2.30. The van der Waals surface area contributed by atoms with Crippen LogP contribution in [0.5, 0.6) is 0 Å². The number of likely N-dealkylation sites (N-methyl/N-ethyl adjacent to an activating group) is 1. The van der Waals surface area contributed by atoms with E-state index in [1.165, 1.54) is 0 Å². The van der Waals surface area contributed by atoms with Gasteiger partial charge in [0.15, 0.2) is 0 Å². The molecule has 170 valence electrons. The Morgan fingerprint density at radius 1 is 1.03 bits per heavy atom. The highest BCUT2D eigenvalue weighted by Crippen LogP contribution is 2.33. The molecule has 1 atom stereocenters. The molecule has 0 spiro atoms. The molecule has 7 heteroatoms. The van der Waals surface area contributed by atoms with Gasteiger partial charge in [-0.1, -0.05) is 60.7 Å². The number of amides is 4. The predicted octanol–water partition coefficient (Wildman–Crippen LogP) is 3.91. The van der Waals surface area contributed by atoms with Crippen molar-refractivity contribution in [3.8, 4) is 0 Å². The number of hydrogen-bond donors (Lipinski definition) is 1. The van der Waals surface area contributed by atoms with Crippen LogP contribution in [0.3, 0.4) is 0 Å². The second-order valence-electron chi connectivity index (χ2n) is 8.50. The number of rotatable bonds is 6. The van der Waals surface area contributed by atoms with Crippen molar-refractivity contribution in [2.45, 2.75) is 32.4 Å². The van der Waals surface area contributed by atoms with E-state index in [0.29, 0.717) is 17.1 Å². The van der Waals surface area contributed by atoms with E-state index >= 15 is 0 Å².